The van der Waals surface area contributed by atoms with E-state index in [4.69, 9.17) is 5.73 Å². The van der Waals surface area contributed by atoms with Crippen LogP contribution in [0.2, 0.25) is 0 Å². The largest absolute Gasteiger partial charge is 0.398 e. The molecule has 0 amide bonds. The molecule has 120 valence electrons. The van der Waals surface area contributed by atoms with E-state index in [0.29, 0.717) is 18.0 Å². The number of thioether (sulfide) groups is 1. The topological polar surface area (TPSA) is 83.6 Å². The minimum Gasteiger partial charge on any atom is -0.398 e. The molecule has 0 aliphatic heterocycles. The van der Waals surface area contributed by atoms with Crippen molar-refractivity contribution in [3.05, 3.63) is 24.3 Å². The van der Waals surface area contributed by atoms with Crippen molar-refractivity contribution in [3.8, 4) is 0 Å². The van der Waals surface area contributed by atoms with E-state index in [1.165, 1.54) is 16.1 Å². The number of hydrogen-bond acceptors (Lipinski definition) is 5. The lowest BCUT2D eigenvalue weighted by molar-refractivity contribution is 0.0602. The van der Waals surface area contributed by atoms with Gasteiger partial charge in [0.1, 0.15) is 0 Å². The third-order valence-electron chi connectivity index (χ3n) is 2.83. The van der Waals surface area contributed by atoms with Crippen LogP contribution in [0.25, 0.3) is 0 Å². The van der Waals surface area contributed by atoms with E-state index in [1.807, 2.05) is 18.2 Å². The van der Waals surface area contributed by atoms with Crippen molar-refractivity contribution in [1.29, 1.82) is 0 Å². The first-order valence-electron chi connectivity index (χ1n) is 6.83. The van der Waals surface area contributed by atoms with Crippen LogP contribution in [-0.4, -0.2) is 48.0 Å². The van der Waals surface area contributed by atoms with E-state index < -0.39 is 15.6 Å². The summed E-state index contributed by atoms with van der Waals surface area (Å²) in [6.07, 6.45) is 0. The van der Waals surface area contributed by atoms with Gasteiger partial charge in [-0.3, -0.25) is 0 Å². The van der Waals surface area contributed by atoms with Crippen molar-refractivity contribution < 1.29 is 13.5 Å². The Bertz CT molecular complexity index is 554. The number of rotatable bonds is 8. The fourth-order valence-corrected chi connectivity index (χ4v) is 4.81. The molecule has 0 aliphatic rings. The van der Waals surface area contributed by atoms with E-state index in [0.717, 1.165) is 4.90 Å². The Labute approximate surface area is 131 Å². The van der Waals surface area contributed by atoms with Gasteiger partial charge in [-0.2, -0.15) is 4.31 Å². The lowest BCUT2D eigenvalue weighted by Gasteiger charge is -2.27. The summed E-state index contributed by atoms with van der Waals surface area (Å²) >= 11 is 1.43. The van der Waals surface area contributed by atoms with Gasteiger partial charge >= 0.3 is 0 Å². The van der Waals surface area contributed by atoms with Crippen molar-refractivity contribution >= 4 is 27.5 Å². The molecular formula is C14H24N2O3S2. The third-order valence-corrected chi connectivity index (χ3v) is 6.07. The summed E-state index contributed by atoms with van der Waals surface area (Å²) in [5.74, 6) is 0.453. The number of nitrogens with zero attached hydrogens (tertiary/aromatic N) is 1. The van der Waals surface area contributed by atoms with E-state index >= 15 is 0 Å². The first-order valence-corrected chi connectivity index (χ1v) is 9.42. The Kier molecular flexibility index (Phi) is 6.52. The average molecular weight is 332 g/mol. The molecule has 0 unspecified atom stereocenters. The molecule has 0 saturated carbocycles. The molecule has 3 N–H and O–H groups in total. The Morgan fingerprint density at radius 3 is 2.48 bits per heavy atom. The van der Waals surface area contributed by atoms with Crippen LogP contribution < -0.4 is 5.73 Å². The number of aliphatic hydroxyl groups is 1. The maximum absolute atomic E-state index is 12.3. The van der Waals surface area contributed by atoms with Crippen LogP contribution in [0.1, 0.15) is 20.8 Å². The molecular weight excluding hydrogens is 308 g/mol. The summed E-state index contributed by atoms with van der Waals surface area (Å²) in [5, 5.41) is 9.79. The van der Waals surface area contributed by atoms with Gasteiger partial charge in [-0.05, 0) is 26.0 Å². The monoisotopic (exact) mass is 332 g/mol. The van der Waals surface area contributed by atoms with Gasteiger partial charge in [-0.25, -0.2) is 8.42 Å². The minimum absolute atomic E-state index is 0.0237. The molecule has 1 aromatic rings. The highest BCUT2D eigenvalue weighted by atomic mass is 32.2. The van der Waals surface area contributed by atoms with Gasteiger partial charge in [0.05, 0.1) is 11.4 Å². The average Bonchev–Trinajstić information content (AvgIpc) is 2.37. The van der Waals surface area contributed by atoms with Gasteiger partial charge in [0, 0.05) is 29.4 Å². The quantitative estimate of drug-likeness (QED) is 0.560. The summed E-state index contributed by atoms with van der Waals surface area (Å²) in [6.45, 7) is 5.43. The third kappa shape index (κ3) is 6.25. The number of anilines is 1. The normalized spacial score (nSPS) is 12.8. The fourth-order valence-electron chi connectivity index (χ4n) is 1.84. The molecule has 5 nitrogen and oxygen atoms in total. The van der Waals surface area contributed by atoms with Crippen molar-refractivity contribution in [1.82, 2.24) is 4.31 Å². The fraction of sp³-hybridized carbons (Fsp3) is 0.571. The molecule has 0 bridgehead atoms. The Balaban J connectivity index is 2.62. The van der Waals surface area contributed by atoms with Crippen molar-refractivity contribution in [2.45, 2.75) is 31.3 Å². The standard InChI is InChI=1S/C14H24N2O3S2/c1-4-16(11-14(2,3)17)21(18,19)10-9-20-13-8-6-5-7-12(13)15/h5-8,17H,4,9-11,15H2,1-3H3. The van der Waals surface area contributed by atoms with Crippen LogP contribution in [0, 0.1) is 0 Å². The Morgan fingerprint density at radius 1 is 1.33 bits per heavy atom. The van der Waals surface area contributed by atoms with Gasteiger partial charge in [0.2, 0.25) is 10.0 Å². The number of para-hydroxylation sites is 1. The predicted octanol–water partition coefficient (Wildman–Crippen LogP) is 1.78. The zero-order valence-corrected chi connectivity index (χ0v) is 14.4. The predicted molar refractivity (Wildman–Crippen MR) is 88.9 cm³/mol. The molecule has 1 rings (SSSR count). The number of sulfonamides is 1. The number of benzene rings is 1. The van der Waals surface area contributed by atoms with Crippen molar-refractivity contribution in [3.63, 3.8) is 0 Å². The summed E-state index contributed by atoms with van der Waals surface area (Å²) in [7, 11) is -3.38. The maximum atomic E-state index is 12.3. The summed E-state index contributed by atoms with van der Waals surface area (Å²) < 4.78 is 25.9. The summed E-state index contributed by atoms with van der Waals surface area (Å²) in [4.78, 5) is 0.887. The number of likely N-dealkylation sites (N-methyl/N-ethyl adjacent to an activating group) is 1. The molecule has 0 aromatic heterocycles. The Hall–Kier alpha value is -0.760. The number of nitrogens with two attached hydrogens (primary N) is 1. The number of hydrogen-bond donors (Lipinski definition) is 2. The van der Waals surface area contributed by atoms with Crippen LogP contribution in [0.3, 0.4) is 0 Å². The van der Waals surface area contributed by atoms with Crippen molar-refractivity contribution in [2.24, 2.45) is 0 Å². The van der Waals surface area contributed by atoms with E-state index in [2.05, 4.69) is 0 Å². The molecule has 0 atom stereocenters. The molecule has 0 fully saturated rings. The van der Waals surface area contributed by atoms with E-state index in [9.17, 15) is 13.5 Å². The van der Waals surface area contributed by atoms with Gasteiger partial charge in [0.25, 0.3) is 0 Å². The molecule has 0 radical (unpaired) electrons. The van der Waals surface area contributed by atoms with Gasteiger partial charge < -0.3 is 10.8 Å². The molecule has 0 saturated heterocycles. The second kappa shape index (κ2) is 7.49. The molecule has 0 heterocycles. The lowest BCUT2D eigenvalue weighted by Crippen LogP contribution is -2.43. The van der Waals surface area contributed by atoms with E-state index in [1.54, 1.807) is 26.8 Å². The van der Waals surface area contributed by atoms with Crippen LogP contribution in [-0.2, 0) is 10.0 Å². The summed E-state index contributed by atoms with van der Waals surface area (Å²) in [5.41, 5.74) is 5.44. The second-order valence-corrected chi connectivity index (χ2v) is 8.67. The highest BCUT2D eigenvalue weighted by molar-refractivity contribution is 8.00. The van der Waals surface area contributed by atoms with Gasteiger partial charge in [-0.15, -0.1) is 11.8 Å². The molecule has 0 aliphatic carbocycles. The zero-order valence-electron chi connectivity index (χ0n) is 12.7. The molecule has 0 spiro atoms. The highest BCUT2D eigenvalue weighted by Crippen LogP contribution is 2.24. The summed E-state index contributed by atoms with van der Waals surface area (Å²) in [6, 6.07) is 7.39. The molecule has 1 aromatic carbocycles. The van der Waals surface area contributed by atoms with Crippen molar-refractivity contribution in [2.75, 3.05) is 30.3 Å². The molecule has 7 heteroatoms. The van der Waals surface area contributed by atoms with Crippen LogP contribution in [0.4, 0.5) is 5.69 Å². The maximum Gasteiger partial charge on any atom is 0.215 e. The van der Waals surface area contributed by atoms with Gasteiger partial charge in [-0.1, -0.05) is 19.1 Å². The van der Waals surface area contributed by atoms with E-state index in [-0.39, 0.29) is 12.3 Å². The number of nitrogen functional groups attached to an aromatic ring is 1. The second-order valence-electron chi connectivity index (χ2n) is 5.44. The minimum atomic E-state index is -3.38. The van der Waals surface area contributed by atoms with Crippen LogP contribution in [0.5, 0.6) is 0 Å². The highest BCUT2D eigenvalue weighted by Gasteiger charge is 2.26. The Morgan fingerprint density at radius 2 is 1.95 bits per heavy atom. The lowest BCUT2D eigenvalue weighted by atomic mass is 10.1. The van der Waals surface area contributed by atoms with Crippen LogP contribution >= 0.6 is 11.8 Å². The van der Waals surface area contributed by atoms with Gasteiger partial charge in [0.15, 0.2) is 0 Å². The first kappa shape index (κ1) is 18.3. The smallest absolute Gasteiger partial charge is 0.215 e. The SMILES string of the molecule is CCN(CC(C)(C)O)S(=O)(=O)CCSc1ccccc1N. The zero-order chi connectivity index (χ0) is 16.1. The first-order chi connectivity index (χ1) is 9.65. The van der Waals surface area contributed by atoms with Crippen LogP contribution in [0.15, 0.2) is 29.2 Å². The molecule has 21 heavy (non-hydrogen) atoms.